The van der Waals surface area contributed by atoms with Gasteiger partial charge in [0.15, 0.2) is 0 Å². The lowest BCUT2D eigenvalue weighted by Gasteiger charge is -2.03. The van der Waals surface area contributed by atoms with E-state index in [0.29, 0.717) is 5.69 Å². The van der Waals surface area contributed by atoms with Crippen LogP contribution < -0.4 is 5.32 Å². The lowest BCUT2D eigenvalue weighted by molar-refractivity contribution is 0.0696. The Hall–Kier alpha value is -2.76. The minimum absolute atomic E-state index is 0.0351. The van der Waals surface area contributed by atoms with Gasteiger partial charge in [0.2, 0.25) is 0 Å². The summed E-state index contributed by atoms with van der Waals surface area (Å²) in [5.74, 6) is -1.50. The Labute approximate surface area is 102 Å². The van der Waals surface area contributed by atoms with Gasteiger partial charge in [-0.1, -0.05) is 0 Å². The number of carboxylic acid groups (broad SMARTS) is 1. The standard InChI is InChI=1S/C12H9N3O3/c16-11(15-9-2-1-5-13-7-9)10-4-3-8(6-14-10)12(17)18/h1-7H,(H,15,16)(H,17,18). The van der Waals surface area contributed by atoms with E-state index >= 15 is 0 Å². The van der Waals surface area contributed by atoms with Crippen LogP contribution in [0.1, 0.15) is 20.8 Å². The molecule has 2 rings (SSSR count). The Kier molecular flexibility index (Phi) is 3.29. The molecule has 0 aliphatic rings. The average Bonchev–Trinajstić information content (AvgIpc) is 2.40. The Morgan fingerprint density at radius 3 is 2.56 bits per heavy atom. The van der Waals surface area contributed by atoms with Crippen LogP contribution in [-0.2, 0) is 0 Å². The van der Waals surface area contributed by atoms with E-state index in [1.807, 2.05) is 0 Å². The van der Waals surface area contributed by atoms with Gasteiger partial charge in [-0.3, -0.25) is 14.8 Å². The average molecular weight is 243 g/mol. The second-order valence-corrected chi connectivity index (χ2v) is 3.43. The molecule has 0 aliphatic carbocycles. The van der Waals surface area contributed by atoms with Crippen molar-refractivity contribution in [3.8, 4) is 0 Å². The number of hydrogen-bond donors (Lipinski definition) is 2. The molecule has 0 saturated heterocycles. The van der Waals surface area contributed by atoms with Crippen LogP contribution in [0.15, 0.2) is 42.9 Å². The van der Waals surface area contributed by atoms with Gasteiger partial charge >= 0.3 is 5.97 Å². The lowest BCUT2D eigenvalue weighted by atomic mass is 10.2. The van der Waals surface area contributed by atoms with Crippen molar-refractivity contribution >= 4 is 17.6 Å². The number of anilines is 1. The summed E-state index contributed by atoms with van der Waals surface area (Å²) >= 11 is 0. The molecule has 2 heterocycles. The lowest BCUT2D eigenvalue weighted by Crippen LogP contribution is -2.14. The van der Waals surface area contributed by atoms with Crippen molar-refractivity contribution in [2.45, 2.75) is 0 Å². The van der Waals surface area contributed by atoms with Crippen LogP contribution in [0.5, 0.6) is 0 Å². The molecule has 2 aromatic heterocycles. The summed E-state index contributed by atoms with van der Waals surface area (Å²) < 4.78 is 0. The van der Waals surface area contributed by atoms with Crippen LogP contribution in [0.4, 0.5) is 5.69 Å². The smallest absolute Gasteiger partial charge is 0.337 e. The summed E-state index contributed by atoms with van der Waals surface area (Å²) in [6.07, 6.45) is 4.24. The molecule has 0 aromatic carbocycles. The molecule has 0 saturated carbocycles. The first-order chi connectivity index (χ1) is 8.66. The van der Waals surface area contributed by atoms with Crippen LogP contribution in [0, 0.1) is 0 Å². The van der Waals surface area contributed by atoms with Gasteiger partial charge < -0.3 is 10.4 Å². The highest BCUT2D eigenvalue weighted by Gasteiger charge is 2.09. The number of rotatable bonds is 3. The van der Waals surface area contributed by atoms with Crippen LogP contribution in [-0.4, -0.2) is 27.0 Å². The molecule has 18 heavy (non-hydrogen) atoms. The number of pyridine rings is 2. The summed E-state index contributed by atoms with van der Waals surface area (Å²) in [6.45, 7) is 0. The fourth-order valence-corrected chi connectivity index (χ4v) is 1.29. The van der Waals surface area contributed by atoms with Crippen molar-refractivity contribution in [2.24, 2.45) is 0 Å². The highest BCUT2D eigenvalue weighted by molar-refractivity contribution is 6.03. The van der Waals surface area contributed by atoms with E-state index in [2.05, 4.69) is 15.3 Å². The fourth-order valence-electron chi connectivity index (χ4n) is 1.29. The van der Waals surface area contributed by atoms with E-state index in [9.17, 15) is 9.59 Å². The van der Waals surface area contributed by atoms with Gasteiger partial charge in [-0.2, -0.15) is 0 Å². The van der Waals surface area contributed by atoms with Crippen LogP contribution in [0.2, 0.25) is 0 Å². The minimum Gasteiger partial charge on any atom is -0.478 e. The Morgan fingerprint density at radius 2 is 2.00 bits per heavy atom. The predicted molar refractivity (Wildman–Crippen MR) is 63.4 cm³/mol. The number of carboxylic acids is 1. The monoisotopic (exact) mass is 243 g/mol. The van der Waals surface area contributed by atoms with Gasteiger partial charge in [-0.15, -0.1) is 0 Å². The van der Waals surface area contributed by atoms with Gasteiger partial charge in [-0.25, -0.2) is 4.79 Å². The normalized spacial score (nSPS) is 9.78. The molecule has 6 nitrogen and oxygen atoms in total. The van der Waals surface area contributed by atoms with Gasteiger partial charge in [0.05, 0.1) is 17.4 Å². The molecule has 1 amide bonds. The summed E-state index contributed by atoms with van der Waals surface area (Å²) in [5, 5.41) is 11.3. The van der Waals surface area contributed by atoms with Crippen molar-refractivity contribution in [1.29, 1.82) is 0 Å². The molecule has 2 N–H and O–H groups in total. The molecule has 90 valence electrons. The van der Waals surface area contributed by atoms with Crippen LogP contribution in [0.3, 0.4) is 0 Å². The molecular weight excluding hydrogens is 234 g/mol. The van der Waals surface area contributed by atoms with Crippen molar-refractivity contribution in [1.82, 2.24) is 9.97 Å². The van der Waals surface area contributed by atoms with Crippen molar-refractivity contribution < 1.29 is 14.7 Å². The van der Waals surface area contributed by atoms with Gasteiger partial charge in [0.1, 0.15) is 5.69 Å². The molecule has 0 fully saturated rings. The van der Waals surface area contributed by atoms with E-state index in [-0.39, 0.29) is 11.3 Å². The number of hydrogen-bond acceptors (Lipinski definition) is 4. The number of aromatic nitrogens is 2. The molecule has 2 aromatic rings. The molecule has 0 unspecified atom stereocenters. The van der Waals surface area contributed by atoms with Gasteiger partial charge in [0.25, 0.3) is 5.91 Å². The van der Waals surface area contributed by atoms with Crippen LogP contribution >= 0.6 is 0 Å². The second-order valence-electron chi connectivity index (χ2n) is 3.43. The quantitative estimate of drug-likeness (QED) is 0.850. The molecule has 0 atom stereocenters. The van der Waals surface area contributed by atoms with Gasteiger partial charge in [-0.05, 0) is 24.3 Å². The highest BCUT2D eigenvalue weighted by Crippen LogP contribution is 2.06. The van der Waals surface area contributed by atoms with E-state index < -0.39 is 11.9 Å². The Balaban J connectivity index is 2.12. The SMILES string of the molecule is O=C(O)c1ccc(C(=O)Nc2cccnc2)nc1. The third-order valence-corrected chi connectivity index (χ3v) is 2.16. The van der Waals surface area contributed by atoms with Crippen molar-refractivity contribution in [2.75, 3.05) is 5.32 Å². The maximum atomic E-state index is 11.7. The first-order valence-corrected chi connectivity index (χ1v) is 5.07. The van der Waals surface area contributed by atoms with E-state index in [4.69, 9.17) is 5.11 Å². The third-order valence-electron chi connectivity index (χ3n) is 2.16. The molecule has 6 heteroatoms. The predicted octanol–water partition coefficient (Wildman–Crippen LogP) is 1.43. The third kappa shape index (κ3) is 2.67. The largest absolute Gasteiger partial charge is 0.478 e. The maximum absolute atomic E-state index is 11.7. The summed E-state index contributed by atoms with van der Waals surface area (Å²) in [4.78, 5) is 30.0. The summed E-state index contributed by atoms with van der Waals surface area (Å²) in [7, 11) is 0. The van der Waals surface area contributed by atoms with Crippen LogP contribution in [0.25, 0.3) is 0 Å². The zero-order valence-electron chi connectivity index (χ0n) is 9.20. The Bertz CT molecular complexity index is 567. The van der Waals surface area contributed by atoms with Crippen molar-refractivity contribution in [3.05, 3.63) is 54.1 Å². The number of nitrogens with one attached hydrogen (secondary N) is 1. The number of carbonyl (C=O) groups excluding carboxylic acids is 1. The molecule has 0 aliphatic heterocycles. The van der Waals surface area contributed by atoms with Gasteiger partial charge in [0, 0.05) is 12.4 Å². The van der Waals surface area contributed by atoms with E-state index in [1.165, 1.54) is 18.3 Å². The molecule has 0 spiro atoms. The fraction of sp³-hybridized carbons (Fsp3) is 0. The topological polar surface area (TPSA) is 92.2 Å². The minimum atomic E-state index is -1.08. The number of amides is 1. The zero-order chi connectivity index (χ0) is 13.0. The highest BCUT2D eigenvalue weighted by atomic mass is 16.4. The second kappa shape index (κ2) is 5.05. The maximum Gasteiger partial charge on any atom is 0.337 e. The summed E-state index contributed by atoms with van der Waals surface area (Å²) in [6, 6.07) is 6.07. The summed E-state index contributed by atoms with van der Waals surface area (Å²) in [5.41, 5.74) is 0.725. The zero-order valence-corrected chi connectivity index (χ0v) is 9.20. The number of nitrogens with zero attached hydrogens (tertiary/aromatic N) is 2. The van der Waals surface area contributed by atoms with Crippen molar-refractivity contribution in [3.63, 3.8) is 0 Å². The Morgan fingerprint density at radius 1 is 1.17 bits per heavy atom. The molecular formula is C12H9N3O3. The molecule has 0 radical (unpaired) electrons. The number of aromatic carboxylic acids is 1. The molecule has 0 bridgehead atoms. The first kappa shape index (κ1) is 11.7. The number of carbonyl (C=O) groups is 2. The van der Waals surface area contributed by atoms with E-state index in [0.717, 1.165) is 6.20 Å². The van der Waals surface area contributed by atoms with E-state index in [1.54, 1.807) is 18.3 Å². The first-order valence-electron chi connectivity index (χ1n) is 5.07.